The summed E-state index contributed by atoms with van der Waals surface area (Å²) >= 11 is 0. The lowest BCUT2D eigenvalue weighted by Crippen LogP contribution is -2.34. The number of rotatable bonds is 4. The zero-order valence-electron chi connectivity index (χ0n) is 10.9. The van der Waals surface area contributed by atoms with E-state index in [9.17, 15) is 4.79 Å². The number of hydrogen-bond donors (Lipinski definition) is 0. The molecule has 0 radical (unpaired) electrons. The average molecular weight is 249 g/mol. The number of likely N-dealkylation sites (tertiary alicyclic amines) is 1. The summed E-state index contributed by atoms with van der Waals surface area (Å²) in [5, 5.41) is 0. The van der Waals surface area contributed by atoms with Crippen LogP contribution < -0.4 is 0 Å². The van der Waals surface area contributed by atoms with Crippen molar-refractivity contribution in [3.8, 4) is 0 Å². The van der Waals surface area contributed by atoms with Crippen LogP contribution in [0.4, 0.5) is 0 Å². The molecule has 0 unspecified atom stereocenters. The van der Waals surface area contributed by atoms with Crippen molar-refractivity contribution < 1.29 is 9.53 Å². The maximum atomic E-state index is 12.1. The van der Waals surface area contributed by atoms with Gasteiger partial charge in [-0.05, 0) is 26.7 Å². The molecule has 5 nitrogen and oxygen atoms in total. The number of ether oxygens (including phenoxy) is 1. The molecule has 2 heterocycles. The summed E-state index contributed by atoms with van der Waals surface area (Å²) in [4.78, 5) is 22.3. The van der Waals surface area contributed by atoms with Gasteiger partial charge in [-0.15, -0.1) is 0 Å². The van der Waals surface area contributed by atoms with E-state index < -0.39 is 0 Å². The van der Waals surface area contributed by atoms with Gasteiger partial charge in [0.2, 0.25) is 5.91 Å². The smallest absolute Gasteiger partial charge is 0.249 e. The summed E-state index contributed by atoms with van der Waals surface area (Å²) in [5.41, 5.74) is 0.868. The van der Waals surface area contributed by atoms with Crippen LogP contribution in [-0.2, 0) is 9.53 Å². The maximum Gasteiger partial charge on any atom is 0.249 e. The van der Waals surface area contributed by atoms with Crippen molar-refractivity contribution >= 4 is 5.91 Å². The predicted molar refractivity (Wildman–Crippen MR) is 66.8 cm³/mol. The Morgan fingerprint density at radius 2 is 2.39 bits per heavy atom. The Kier molecular flexibility index (Phi) is 4.25. The van der Waals surface area contributed by atoms with Crippen molar-refractivity contribution in [2.45, 2.75) is 38.8 Å². The Hall–Kier alpha value is -1.49. The molecule has 5 heteroatoms. The first-order chi connectivity index (χ1) is 8.68. The normalized spacial score (nSPS) is 19.5. The van der Waals surface area contributed by atoms with Crippen molar-refractivity contribution in [1.82, 2.24) is 14.9 Å². The highest BCUT2D eigenvalue weighted by molar-refractivity contribution is 5.78. The average Bonchev–Trinajstić information content (AvgIpc) is 2.86. The number of carbonyl (C=O) groups is 1. The van der Waals surface area contributed by atoms with Crippen LogP contribution in [0.2, 0.25) is 0 Å². The standard InChI is InChI=1S/C13H19N3O2/c1-10(2)18-9-13(17)16-7-3-4-12(16)11-8-14-5-6-15-11/h5-6,8,10,12H,3-4,7,9H2,1-2H3/t12-/m0/s1. The van der Waals surface area contributed by atoms with Crippen molar-refractivity contribution in [1.29, 1.82) is 0 Å². The van der Waals surface area contributed by atoms with E-state index in [1.807, 2.05) is 18.7 Å². The molecule has 0 saturated carbocycles. The first-order valence-corrected chi connectivity index (χ1v) is 6.35. The molecule has 1 aromatic heterocycles. The molecule has 1 fully saturated rings. The van der Waals surface area contributed by atoms with E-state index in [2.05, 4.69) is 9.97 Å². The molecular formula is C13H19N3O2. The number of hydrogen-bond acceptors (Lipinski definition) is 4. The third kappa shape index (κ3) is 3.04. The summed E-state index contributed by atoms with van der Waals surface area (Å²) in [6.07, 6.45) is 7.08. The molecule has 1 amide bonds. The van der Waals surface area contributed by atoms with Gasteiger partial charge < -0.3 is 9.64 Å². The summed E-state index contributed by atoms with van der Waals surface area (Å²) in [5.74, 6) is 0.0388. The monoisotopic (exact) mass is 249 g/mol. The van der Waals surface area contributed by atoms with Gasteiger partial charge in [-0.2, -0.15) is 0 Å². The Balaban J connectivity index is 2.01. The number of carbonyl (C=O) groups excluding carboxylic acids is 1. The topological polar surface area (TPSA) is 55.3 Å². The second-order valence-corrected chi connectivity index (χ2v) is 4.74. The Morgan fingerprint density at radius 3 is 3.06 bits per heavy atom. The minimum atomic E-state index is 0.0388. The molecule has 0 spiro atoms. The largest absolute Gasteiger partial charge is 0.369 e. The van der Waals surface area contributed by atoms with E-state index >= 15 is 0 Å². The molecule has 18 heavy (non-hydrogen) atoms. The van der Waals surface area contributed by atoms with Gasteiger partial charge in [-0.25, -0.2) is 0 Å². The number of nitrogens with zero attached hydrogens (tertiary/aromatic N) is 3. The third-order valence-electron chi connectivity index (χ3n) is 3.04. The van der Waals surface area contributed by atoms with Crippen LogP contribution in [-0.4, -0.2) is 40.0 Å². The highest BCUT2D eigenvalue weighted by Gasteiger charge is 2.30. The Bertz CT molecular complexity index is 394. The van der Waals surface area contributed by atoms with Gasteiger partial charge in [0.05, 0.1) is 24.0 Å². The van der Waals surface area contributed by atoms with Crippen LogP contribution in [0.5, 0.6) is 0 Å². The molecule has 1 atom stereocenters. The summed E-state index contributed by atoms with van der Waals surface area (Å²) in [6.45, 7) is 4.78. The highest BCUT2D eigenvalue weighted by atomic mass is 16.5. The van der Waals surface area contributed by atoms with E-state index in [0.717, 1.165) is 25.1 Å². The van der Waals surface area contributed by atoms with Crippen molar-refractivity contribution in [2.75, 3.05) is 13.2 Å². The van der Waals surface area contributed by atoms with E-state index in [1.54, 1.807) is 18.6 Å². The highest BCUT2D eigenvalue weighted by Crippen LogP contribution is 2.30. The fraction of sp³-hybridized carbons (Fsp3) is 0.615. The lowest BCUT2D eigenvalue weighted by Gasteiger charge is -2.24. The molecule has 0 aliphatic carbocycles. The van der Waals surface area contributed by atoms with Gasteiger partial charge in [0, 0.05) is 18.9 Å². The van der Waals surface area contributed by atoms with Gasteiger partial charge in [0.15, 0.2) is 0 Å². The molecular weight excluding hydrogens is 230 g/mol. The molecule has 2 rings (SSSR count). The minimum Gasteiger partial charge on any atom is -0.369 e. The predicted octanol–water partition coefficient (Wildman–Crippen LogP) is 1.57. The van der Waals surface area contributed by atoms with Gasteiger partial charge in [-0.3, -0.25) is 14.8 Å². The van der Waals surface area contributed by atoms with Crippen LogP contribution >= 0.6 is 0 Å². The molecule has 0 aromatic carbocycles. The quantitative estimate of drug-likeness (QED) is 0.812. The van der Waals surface area contributed by atoms with E-state index in [0.29, 0.717) is 0 Å². The third-order valence-corrected chi connectivity index (χ3v) is 3.04. The first kappa shape index (κ1) is 13.0. The molecule has 0 bridgehead atoms. The van der Waals surface area contributed by atoms with Crippen molar-refractivity contribution in [3.63, 3.8) is 0 Å². The summed E-state index contributed by atoms with van der Waals surface area (Å²) in [6, 6.07) is 0.0574. The van der Waals surface area contributed by atoms with Crippen LogP contribution in [0, 0.1) is 0 Å². The minimum absolute atomic E-state index is 0.0388. The molecule has 1 aromatic rings. The second kappa shape index (κ2) is 5.91. The zero-order chi connectivity index (χ0) is 13.0. The fourth-order valence-corrected chi connectivity index (χ4v) is 2.18. The Labute approximate surface area is 107 Å². The molecule has 0 N–H and O–H groups in total. The van der Waals surface area contributed by atoms with Crippen molar-refractivity contribution in [3.05, 3.63) is 24.3 Å². The van der Waals surface area contributed by atoms with Crippen LogP contribution in [0.25, 0.3) is 0 Å². The van der Waals surface area contributed by atoms with Gasteiger partial charge in [-0.1, -0.05) is 0 Å². The van der Waals surface area contributed by atoms with Gasteiger partial charge in [0.25, 0.3) is 0 Å². The number of aromatic nitrogens is 2. The molecule has 1 saturated heterocycles. The zero-order valence-corrected chi connectivity index (χ0v) is 10.9. The number of amides is 1. The van der Waals surface area contributed by atoms with Crippen LogP contribution in [0.3, 0.4) is 0 Å². The first-order valence-electron chi connectivity index (χ1n) is 6.35. The summed E-state index contributed by atoms with van der Waals surface area (Å²) in [7, 11) is 0. The van der Waals surface area contributed by atoms with Gasteiger partial charge in [0.1, 0.15) is 6.61 Å². The summed E-state index contributed by atoms with van der Waals surface area (Å²) < 4.78 is 5.37. The Morgan fingerprint density at radius 1 is 1.56 bits per heavy atom. The van der Waals surface area contributed by atoms with Crippen LogP contribution in [0.1, 0.15) is 38.4 Å². The van der Waals surface area contributed by atoms with E-state index in [-0.39, 0.29) is 24.7 Å². The molecule has 98 valence electrons. The van der Waals surface area contributed by atoms with E-state index in [1.165, 1.54) is 0 Å². The lowest BCUT2D eigenvalue weighted by atomic mass is 10.1. The second-order valence-electron chi connectivity index (χ2n) is 4.74. The fourth-order valence-electron chi connectivity index (χ4n) is 2.18. The van der Waals surface area contributed by atoms with E-state index in [4.69, 9.17) is 4.74 Å². The van der Waals surface area contributed by atoms with Crippen molar-refractivity contribution in [2.24, 2.45) is 0 Å². The lowest BCUT2D eigenvalue weighted by molar-refractivity contribution is -0.138. The molecule has 1 aliphatic heterocycles. The SMILES string of the molecule is CC(C)OCC(=O)N1CCC[C@H]1c1cnccn1. The van der Waals surface area contributed by atoms with Gasteiger partial charge >= 0.3 is 0 Å². The maximum absolute atomic E-state index is 12.1. The molecule has 1 aliphatic rings. The van der Waals surface area contributed by atoms with Crippen LogP contribution in [0.15, 0.2) is 18.6 Å².